The van der Waals surface area contributed by atoms with Crippen molar-refractivity contribution in [3.05, 3.63) is 78.1 Å². The lowest BCUT2D eigenvalue weighted by Crippen LogP contribution is -1.98. The standard InChI is InChI=1S/C19H11FN2/c20-16-11-13(12-21)9-10-19(16)22-17-7-3-1-5-14(17)15-6-2-4-8-18(15)22/h1-11H. The number of hydrogen-bond acceptors (Lipinski definition) is 1. The van der Waals surface area contributed by atoms with E-state index < -0.39 is 5.82 Å². The zero-order chi connectivity index (χ0) is 15.1. The van der Waals surface area contributed by atoms with Gasteiger partial charge in [0.25, 0.3) is 0 Å². The van der Waals surface area contributed by atoms with Crippen molar-refractivity contribution in [2.75, 3.05) is 0 Å². The number of hydrogen-bond donors (Lipinski definition) is 0. The van der Waals surface area contributed by atoms with E-state index in [0.717, 1.165) is 21.8 Å². The summed E-state index contributed by atoms with van der Waals surface area (Å²) in [7, 11) is 0. The molecule has 0 fully saturated rings. The Morgan fingerprint density at radius 1 is 0.818 bits per heavy atom. The average Bonchev–Trinajstić information content (AvgIpc) is 2.89. The van der Waals surface area contributed by atoms with Crippen LogP contribution in [-0.2, 0) is 0 Å². The summed E-state index contributed by atoms with van der Waals surface area (Å²) >= 11 is 0. The molecule has 104 valence electrons. The van der Waals surface area contributed by atoms with Crippen molar-refractivity contribution in [2.45, 2.75) is 0 Å². The van der Waals surface area contributed by atoms with E-state index in [4.69, 9.17) is 5.26 Å². The minimum absolute atomic E-state index is 0.321. The third-order valence-electron chi connectivity index (χ3n) is 3.90. The van der Waals surface area contributed by atoms with Gasteiger partial charge in [-0.25, -0.2) is 4.39 Å². The highest BCUT2D eigenvalue weighted by atomic mass is 19.1. The van der Waals surface area contributed by atoms with Crippen LogP contribution in [0.2, 0.25) is 0 Å². The molecule has 3 aromatic carbocycles. The van der Waals surface area contributed by atoms with E-state index in [1.807, 2.05) is 59.2 Å². The molecule has 1 heterocycles. The maximum absolute atomic E-state index is 14.5. The van der Waals surface area contributed by atoms with Crippen LogP contribution in [0.25, 0.3) is 27.5 Å². The van der Waals surface area contributed by atoms with E-state index >= 15 is 0 Å². The molecule has 1 aromatic heterocycles. The molecular formula is C19H11FN2. The van der Waals surface area contributed by atoms with Crippen LogP contribution in [-0.4, -0.2) is 4.57 Å². The summed E-state index contributed by atoms with van der Waals surface area (Å²) in [6, 6.07) is 22.4. The first kappa shape index (κ1) is 12.6. The van der Waals surface area contributed by atoms with Crippen LogP contribution < -0.4 is 0 Å². The number of rotatable bonds is 1. The summed E-state index contributed by atoms with van der Waals surface area (Å²) in [5.74, 6) is -0.398. The Morgan fingerprint density at radius 3 is 1.95 bits per heavy atom. The van der Waals surface area contributed by atoms with E-state index in [-0.39, 0.29) is 0 Å². The lowest BCUT2D eigenvalue weighted by Gasteiger charge is -2.09. The van der Waals surface area contributed by atoms with Gasteiger partial charge in [-0.1, -0.05) is 36.4 Å². The second kappa shape index (κ2) is 4.71. The Bertz CT molecular complexity index is 1000. The van der Waals surface area contributed by atoms with Crippen molar-refractivity contribution in [1.82, 2.24) is 4.57 Å². The Balaban J connectivity index is 2.16. The van der Waals surface area contributed by atoms with Gasteiger partial charge in [-0.2, -0.15) is 5.26 Å². The van der Waals surface area contributed by atoms with E-state index in [1.54, 1.807) is 12.1 Å². The number of benzene rings is 3. The molecule has 0 amide bonds. The number of para-hydroxylation sites is 2. The summed E-state index contributed by atoms with van der Waals surface area (Å²) in [6.45, 7) is 0. The summed E-state index contributed by atoms with van der Waals surface area (Å²) in [6.07, 6.45) is 0. The predicted octanol–water partition coefficient (Wildman–Crippen LogP) is 4.79. The molecule has 0 radical (unpaired) electrons. The van der Waals surface area contributed by atoms with E-state index in [0.29, 0.717) is 11.3 Å². The average molecular weight is 286 g/mol. The van der Waals surface area contributed by atoms with Crippen LogP contribution in [0, 0.1) is 17.1 Å². The third-order valence-corrected chi connectivity index (χ3v) is 3.90. The first-order chi connectivity index (χ1) is 10.8. The molecule has 2 nitrogen and oxygen atoms in total. The Morgan fingerprint density at radius 2 is 1.41 bits per heavy atom. The molecular weight excluding hydrogens is 275 g/mol. The Hall–Kier alpha value is -3.12. The van der Waals surface area contributed by atoms with Crippen LogP contribution in [0.5, 0.6) is 0 Å². The van der Waals surface area contributed by atoms with Gasteiger partial charge in [0, 0.05) is 10.8 Å². The topological polar surface area (TPSA) is 28.7 Å². The normalized spacial score (nSPS) is 10.9. The maximum atomic E-state index is 14.5. The first-order valence-electron chi connectivity index (χ1n) is 6.98. The summed E-state index contributed by atoms with van der Waals surface area (Å²) < 4.78 is 16.4. The van der Waals surface area contributed by atoms with Gasteiger partial charge in [0.15, 0.2) is 0 Å². The number of halogens is 1. The molecule has 0 aliphatic heterocycles. The fourth-order valence-corrected chi connectivity index (χ4v) is 2.94. The van der Waals surface area contributed by atoms with Crippen LogP contribution in [0.15, 0.2) is 66.7 Å². The highest BCUT2D eigenvalue weighted by Gasteiger charge is 2.14. The van der Waals surface area contributed by atoms with Crippen molar-refractivity contribution < 1.29 is 4.39 Å². The molecule has 22 heavy (non-hydrogen) atoms. The lowest BCUT2D eigenvalue weighted by atomic mass is 10.2. The molecule has 4 aromatic rings. The molecule has 0 N–H and O–H groups in total. The lowest BCUT2D eigenvalue weighted by molar-refractivity contribution is 0.620. The van der Waals surface area contributed by atoms with Gasteiger partial charge in [0.1, 0.15) is 5.82 Å². The zero-order valence-electron chi connectivity index (χ0n) is 11.6. The molecule has 4 rings (SSSR count). The summed E-state index contributed by atoms with van der Waals surface area (Å²) in [4.78, 5) is 0. The van der Waals surface area contributed by atoms with Gasteiger partial charge in [0.05, 0.1) is 28.4 Å². The SMILES string of the molecule is N#Cc1ccc(-n2c3ccccc3c3ccccc32)c(F)c1. The second-order valence-corrected chi connectivity index (χ2v) is 5.15. The molecule has 0 unspecified atom stereocenters. The van der Waals surface area contributed by atoms with Gasteiger partial charge < -0.3 is 4.57 Å². The number of fused-ring (bicyclic) bond motifs is 3. The minimum atomic E-state index is -0.398. The van der Waals surface area contributed by atoms with Gasteiger partial charge in [-0.3, -0.25) is 0 Å². The molecule has 0 aliphatic carbocycles. The summed E-state index contributed by atoms with van der Waals surface area (Å²) in [5, 5.41) is 11.1. The van der Waals surface area contributed by atoms with Crippen LogP contribution in [0.4, 0.5) is 4.39 Å². The van der Waals surface area contributed by atoms with Crippen molar-refractivity contribution in [3.63, 3.8) is 0 Å². The fourth-order valence-electron chi connectivity index (χ4n) is 2.94. The number of nitrogens with zero attached hydrogens (tertiary/aromatic N) is 2. The minimum Gasteiger partial charge on any atom is -0.306 e. The predicted molar refractivity (Wildman–Crippen MR) is 85.5 cm³/mol. The van der Waals surface area contributed by atoms with Gasteiger partial charge in [-0.05, 0) is 30.3 Å². The Labute approximate surface area is 126 Å². The van der Waals surface area contributed by atoms with E-state index in [9.17, 15) is 4.39 Å². The van der Waals surface area contributed by atoms with E-state index in [1.165, 1.54) is 6.07 Å². The molecule has 0 saturated carbocycles. The van der Waals surface area contributed by atoms with E-state index in [2.05, 4.69) is 0 Å². The van der Waals surface area contributed by atoms with Crippen molar-refractivity contribution in [2.24, 2.45) is 0 Å². The Kier molecular flexibility index (Phi) is 2.70. The largest absolute Gasteiger partial charge is 0.306 e. The van der Waals surface area contributed by atoms with Crippen molar-refractivity contribution in [3.8, 4) is 11.8 Å². The quantitative estimate of drug-likeness (QED) is 0.494. The van der Waals surface area contributed by atoms with Crippen molar-refractivity contribution >= 4 is 21.8 Å². The van der Waals surface area contributed by atoms with Gasteiger partial charge in [0.2, 0.25) is 0 Å². The molecule has 0 spiro atoms. The van der Waals surface area contributed by atoms with Gasteiger partial charge in [-0.15, -0.1) is 0 Å². The molecule has 0 atom stereocenters. The zero-order valence-corrected chi connectivity index (χ0v) is 11.6. The smallest absolute Gasteiger partial charge is 0.148 e. The first-order valence-corrected chi connectivity index (χ1v) is 6.98. The number of aromatic nitrogens is 1. The maximum Gasteiger partial charge on any atom is 0.148 e. The summed E-state index contributed by atoms with van der Waals surface area (Å²) in [5.41, 5.74) is 2.68. The molecule has 0 aliphatic rings. The number of nitriles is 1. The second-order valence-electron chi connectivity index (χ2n) is 5.15. The van der Waals surface area contributed by atoms with Crippen molar-refractivity contribution in [1.29, 1.82) is 5.26 Å². The van der Waals surface area contributed by atoms with Crippen LogP contribution in [0.1, 0.15) is 5.56 Å². The molecule has 0 saturated heterocycles. The third kappa shape index (κ3) is 1.71. The monoisotopic (exact) mass is 286 g/mol. The molecule has 3 heteroatoms. The highest BCUT2D eigenvalue weighted by Crippen LogP contribution is 2.32. The van der Waals surface area contributed by atoms with Gasteiger partial charge >= 0.3 is 0 Å². The van der Waals surface area contributed by atoms with Crippen LogP contribution >= 0.6 is 0 Å². The fraction of sp³-hybridized carbons (Fsp3) is 0. The molecule has 0 bridgehead atoms. The highest BCUT2D eigenvalue weighted by molar-refractivity contribution is 6.09. The van der Waals surface area contributed by atoms with Crippen LogP contribution in [0.3, 0.4) is 0 Å².